The van der Waals surface area contributed by atoms with Gasteiger partial charge in [-0.15, -0.1) is 0 Å². The molecule has 0 amide bonds. The summed E-state index contributed by atoms with van der Waals surface area (Å²) in [7, 11) is 1.29. The van der Waals surface area contributed by atoms with Gasteiger partial charge in [-0.05, 0) is 36.6 Å². The van der Waals surface area contributed by atoms with E-state index >= 15 is 0 Å². The maximum Gasteiger partial charge on any atom is 0.341 e. The molecule has 25 heavy (non-hydrogen) atoms. The molecule has 0 saturated heterocycles. The van der Waals surface area contributed by atoms with Crippen molar-refractivity contribution < 1.29 is 23.5 Å². The van der Waals surface area contributed by atoms with Crippen LogP contribution in [0.4, 0.5) is 0 Å². The maximum atomic E-state index is 12.9. The number of furan rings is 1. The molecule has 0 N–H and O–H groups in total. The summed E-state index contributed by atoms with van der Waals surface area (Å²) in [5.41, 5.74) is 0.511. The molecule has 5 nitrogen and oxygen atoms in total. The smallest absolute Gasteiger partial charge is 0.341 e. The van der Waals surface area contributed by atoms with E-state index in [9.17, 15) is 9.59 Å². The van der Waals surface area contributed by atoms with Crippen molar-refractivity contribution in [1.29, 1.82) is 0 Å². The van der Waals surface area contributed by atoms with Crippen LogP contribution in [0, 0.1) is 0 Å². The molecule has 1 saturated carbocycles. The van der Waals surface area contributed by atoms with Gasteiger partial charge in [0.25, 0.3) is 0 Å². The number of carbonyl (C=O) groups excluding carboxylic acids is 2. The summed E-state index contributed by atoms with van der Waals surface area (Å²) < 4.78 is 15.5. The van der Waals surface area contributed by atoms with Gasteiger partial charge >= 0.3 is 11.9 Å². The third kappa shape index (κ3) is 3.42. The summed E-state index contributed by atoms with van der Waals surface area (Å²) in [4.78, 5) is 24.6. The minimum atomic E-state index is -0.664. The van der Waals surface area contributed by atoms with Gasteiger partial charge in [0.2, 0.25) is 0 Å². The maximum absolute atomic E-state index is 12.9. The van der Waals surface area contributed by atoms with Gasteiger partial charge in [0.05, 0.1) is 18.8 Å². The molecule has 1 fully saturated rings. The Morgan fingerprint density at radius 1 is 1.16 bits per heavy atom. The molecule has 0 unspecified atom stereocenters. The molecule has 0 radical (unpaired) electrons. The first-order valence-corrected chi connectivity index (χ1v) is 8.52. The van der Waals surface area contributed by atoms with Crippen molar-refractivity contribution in [3.05, 3.63) is 58.5 Å². The van der Waals surface area contributed by atoms with Crippen molar-refractivity contribution in [3.8, 4) is 0 Å². The van der Waals surface area contributed by atoms with Crippen LogP contribution in [0.1, 0.15) is 47.4 Å². The molecule has 1 heterocycles. The number of methoxy groups -OCH3 is 1. The highest BCUT2D eigenvalue weighted by molar-refractivity contribution is 6.30. The summed E-state index contributed by atoms with van der Waals surface area (Å²) in [6.45, 7) is -0.106. The molecule has 1 aliphatic rings. The van der Waals surface area contributed by atoms with Crippen LogP contribution in [0.25, 0.3) is 0 Å². The first kappa shape index (κ1) is 17.5. The Kier molecular flexibility index (Phi) is 5.13. The Morgan fingerprint density at radius 2 is 1.84 bits per heavy atom. The number of benzene rings is 1. The van der Waals surface area contributed by atoms with Gasteiger partial charge < -0.3 is 13.9 Å². The Labute approximate surface area is 150 Å². The molecule has 132 valence electrons. The van der Waals surface area contributed by atoms with Gasteiger partial charge in [0.1, 0.15) is 12.2 Å². The highest BCUT2D eigenvalue weighted by Gasteiger charge is 2.44. The van der Waals surface area contributed by atoms with Crippen LogP contribution < -0.4 is 0 Å². The number of ether oxygens (including phenoxy) is 2. The standard InChI is InChI=1S/C19H19ClO5/c1-23-17(21)15-8-11-24-16(15)12-25-18(22)19(9-2-3-10-19)13-4-6-14(20)7-5-13/h4-8,11H,2-3,9-10,12H2,1H3. The summed E-state index contributed by atoms with van der Waals surface area (Å²) in [5, 5.41) is 0.628. The molecule has 1 aromatic heterocycles. The fourth-order valence-electron chi connectivity index (χ4n) is 3.37. The molecule has 0 bridgehead atoms. The Bertz CT molecular complexity index is 756. The largest absolute Gasteiger partial charge is 0.465 e. The first-order chi connectivity index (χ1) is 12.1. The lowest BCUT2D eigenvalue weighted by Gasteiger charge is -2.27. The van der Waals surface area contributed by atoms with Crippen molar-refractivity contribution in [3.63, 3.8) is 0 Å². The zero-order valence-corrected chi connectivity index (χ0v) is 14.7. The molecule has 0 aliphatic heterocycles. The van der Waals surface area contributed by atoms with E-state index in [0.29, 0.717) is 5.02 Å². The van der Waals surface area contributed by atoms with E-state index in [4.69, 9.17) is 25.5 Å². The fraction of sp³-hybridized carbons (Fsp3) is 0.368. The first-order valence-electron chi connectivity index (χ1n) is 8.15. The predicted molar refractivity (Wildman–Crippen MR) is 91.4 cm³/mol. The van der Waals surface area contributed by atoms with E-state index in [1.54, 1.807) is 12.1 Å². The van der Waals surface area contributed by atoms with Crippen molar-refractivity contribution >= 4 is 23.5 Å². The summed E-state index contributed by atoms with van der Waals surface area (Å²) in [6.07, 6.45) is 4.77. The molecule has 3 rings (SSSR count). The van der Waals surface area contributed by atoms with E-state index in [0.717, 1.165) is 31.2 Å². The van der Waals surface area contributed by atoms with Crippen molar-refractivity contribution in [2.45, 2.75) is 37.7 Å². The predicted octanol–water partition coefficient (Wildman–Crippen LogP) is 4.27. The van der Waals surface area contributed by atoms with Crippen LogP contribution in [0.15, 0.2) is 41.0 Å². The third-order valence-electron chi connectivity index (χ3n) is 4.73. The summed E-state index contributed by atoms with van der Waals surface area (Å²) in [6, 6.07) is 8.82. The Balaban J connectivity index is 1.78. The normalized spacial score (nSPS) is 15.8. The van der Waals surface area contributed by atoms with E-state index < -0.39 is 11.4 Å². The topological polar surface area (TPSA) is 65.7 Å². The number of hydrogen-bond donors (Lipinski definition) is 0. The molecule has 1 aliphatic carbocycles. The lowest BCUT2D eigenvalue weighted by molar-refractivity contribution is -0.152. The van der Waals surface area contributed by atoms with Crippen molar-refractivity contribution in [2.75, 3.05) is 7.11 Å². The zero-order chi connectivity index (χ0) is 17.9. The van der Waals surface area contributed by atoms with Crippen LogP contribution in [-0.2, 0) is 26.3 Å². The molecule has 2 aromatic rings. The van der Waals surface area contributed by atoms with Gasteiger partial charge in [-0.1, -0.05) is 36.6 Å². The van der Waals surface area contributed by atoms with Crippen LogP contribution in [0.3, 0.4) is 0 Å². The minimum Gasteiger partial charge on any atom is -0.465 e. The van der Waals surface area contributed by atoms with Gasteiger partial charge in [-0.3, -0.25) is 4.79 Å². The molecule has 0 spiro atoms. The van der Waals surface area contributed by atoms with Gasteiger partial charge in [0.15, 0.2) is 5.76 Å². The van der Waals surface area contributed by atoms with Crippen molar-refractivity contribution in [1.82, 2.24) is 0 Å². The van der Waals surface area contributed by atoms with Gasteiger partial charge in [-0.25, -0.2) is 4.79 Å². The number of halogens is 1. The average Bonchev–Trinajstić information content (AvgIpc) is 3.29. The second-order valence-corrected chi connectivity index (χ2v) is 6.56. The monoisotopic (exact) mass is 362 g/mol. The third-order valence-corrected chi connectivity index (χ3v) is 4.98. The molecular weight excluding hydrogens is 344 g/mol. The van der Waals surface area contributed by atoms with Crippen LogP contribution in [-0.4, -0.2) is 19.0 Å². The lowest BCUT2D eigenvalue weighted by atomic mass is 9.79. The number of rotatable bonds is 5. The zero-order valence-electron chi connectivity index (χ0n) is 13.9. The number of esters is 2. The van der Waals surface area contributed by atoms with Crippen LogP contribution in [0.2, 0.25) is 5.02 Å². The van der Waals surface area contributed by atoms with Gasteiger partial charge in [0, 0.05) is 5.02 Å². The minimum absolute atomic E-state index is 0.106. The highest BCUT2D eigenvalue weighted by atomic mass is 35.5. The second kappa shape index (κ2) is 7.31. The average molecular weight is 363 g/mol. The number of hydrogen-bond acceptors (Lipinski definition) is 5. The molecule has 1 aromatic carbocycles. The molecule has 0 atom stereocenters. The SMILES string of the molecule is COC(=O)c1ccoc1COC(=O)C1(c2ccc(Cl)cc2)CCCC1. The highest BCUT2D eigenvalue weighted by Crippen LogP contribution is 2.42. The summed E-state index contributed by atoms with van der Waals surface area (Å²) in [5.74, 6) is -0.544. The number of carbonyl (C=O) groups is 2. The van der Waals surface area contributed by atoms with Crippen LogP contribution in [0.5, 0.6) is 0 Å². The quantitative estimate of drug-likeness (QED) is 0.743. The Hall–Kier alpha value is -2.27. The van der Waals surface area contributed by atoms with Crippen molar-refractivity contribution in [2.24, 2.45) is 0 Å². The lowest BCUT2D eigenvalue weighted by Crippen LogP contribution is -2.34. The van der Waals surface area contributed by atoms with E-state index in [-0.39, 0.29) is 23.9 Å². The molecular formula is C19H19ClO5. The summed E-state index contributed by atoms with van der Waals surface area (Å²) >= 11 is 5.96. The van der Waals surface area contributed by atoms with Gasteiger partial charge in [-0.2, -0.15) is 0 Å². The molecule has 6 heteroatoms. The van der Waals surface area contributed by atoms with E-state index in [1.807, 2.05) is 12.1 Å². The Morgan fingerprint density at radius 3 is 2.48 bits per heavy atom. The second-order valence-electron chi connectivity index (χ2n) is 6.12. The fourth-order valence-corrected chi connectivity index (χ4v) is 3.50. The van der Waals surface area contributed by atoms with E-state index in [2.05, 4.69) is 0 Å². The van der Waals surface area contributed by atoms with Crippen LogP contribution >= 0.6 is 11.6 Å². The van der Waals surface area contributed by atoms with E-state index in [1.165, 1.54) is 19.4 Å².